The number of hydrogen-bond acceptors (Lipinski definition) is 3. The molecular weight excluding hydrogens is 250 g/mol. The summed E-state index contributed by atoms with van der Waals surface area (Å²) >= 11 is 0. The van der Waals surface area contributed by atoms with Crippen molar-refractivity contribution in [2.24, 2.45) is 5.92 Å². The lowest BCUT2D eigenvalue weighted by Crippen LogP contribution is -2.33. The molecule has 2 rings (SSSR count). The zero-order valence-corrected chi connectivity index (χ0v) is 12.9. The van der Waals surface area contributed by atoms with Gasteiger partial charge in [0.1, 0.15) is 0 Å². The first kappa shape index (κ1) is 15.5. The third kappa shape index (κ3) is 4.05. The zero-order valence-electron chi connectivity index (χ0n) is 12.9. The van der Waals surface area contributed by atoms with Crippen LogP contribution < -0.4 is 5.32 Å². The van der Waals surface area contributed by atoms with Crippen molar-refractivity contribution in [3.63, 3.8) is 0 Å². The minimum absolute atomic E-state index is 0.236. The molecule has 1 aromatic rings. The molecule has 112 valence electrons. The molecule has 2 unspecified atom stereocenters. The summed E-state index contributed by atoms with van der Waals surface area (Å²) in [6, 6.07) is 6.68. The Morgan fingerprint density at radius 1 is 1.35 bits per heavy atom. The number of hydrogen-bond donors (Lipinski definition) is 1. The fourth-order valence-electron chi connectivity index (χ4n) is 3.00. The van der Waals surface area contributed by atoms with E-state index in [1.165, 1.54) is 23.1 Å². The summed E-state index contributed by atoms with van der Waals surface area (Å²) in [6.07, 6.45) is 2.63. The van der Waals surface area contributed by atoms with E-state index in [0.29, 0.717) is 5.92 Å². The van der Waals surface area contributed by atoms with Crippen molar-refractivity contribution in [3.8, 4) is 0 Å². The Morgan fingerprint density at radius 2 is 2.20 bits per heavy atom. The summed E-state index contributed by atoms with van der Waals surface area (Å²) in [6.45, 7) is 7.89. The van der Waals surface area contributed by atoms with Crippen LogP contribution in [0.3, 0.4) is 0 Å². The zero-order chi connectivity index (χ0) is 14.4. The van der Waals surface area contributed by atoms with E-state index >= 15 is 0 Å². The van der Waals surface area contributed by atoms with E-state index in [1.807, 2.05) is 0 Å². The van der Waals surface area contributed by atoms with Gasteiger partial charge in [0.25, 0.3) is 0 Å². The predicted octanol–water partition coefficient (Wildman–Crippen LogP) is 3.01. The lowest BCUT2D eigenvalue weighted by atomic mass is 9.87. The van der Waals surface area contributed by atoms with E-state index in [9.17, 15) is 0 Å². The summed E-state index contributed by atoms with van der Waals surface area (Å²) in [4.78, 5) is 0. The highest BCUT2D eigenvalue weighted by Gasteiger charge is 2.28. The Morgan fingerprint density at radius 3 is 2.95 bits per heavy atom. The van der Waals surface area contributed by atoms with Gasteiger partial charge in [-0.05, 0) is 37.8 Å². The van der Waals surface area contributed by atoms with E-state index in [2.05, 4.69) is 37.4 Å². The van der Waals surface area contributed by atoms with Crippen LogP contribution in [0, 0.1) is 19.8 Å². The van der Waals surface area contributed by atoms with E-state index in [0.717, 1.165) is 32.7 Å². The van der Waals surface area contributed by atoms with Gasteiger partial charge < -0.3 is 14.8 Å². The number of aryl methyl sites for hydroxylation is 2. The Balaban J connectivity index is 2.02. The van der Waals surface area contributed by atoms with Crippen LogP contribution in [-0.4, -0.2) is 33.4 Å². The number of rotatable bonds is 6. The molecule has 2 atom stereocenters. The Kier molecular flexibility index (Phi) is 6.02. The molecule has 1 saturated heterocycles. The van der Waals surface area contributed by atoms with Crippen molar-refractivity contribution in [1.82, 2.24) is 5.32 Å². The average molecular weight is 277 g/mol. The lowest BCUT2D eigenvalue weighted by Gasteiger charge is -2.33. The van der Waals surface area contributed by atoms with Crippen LogP contribution in [0.2, 0.25) is 0 Å². The Bertz CT molecular complexity index is 419. The molecule has 0 saturated carbocycles. The topological polar surface area (TPSA) is 30.5 Å². The van der Waals surface area contributed by atoms with E-state index in [1.54, 1.807) is 7.11 Å². The number of methoxy groups -OCH3 is 1. The summed E-state index contributed by atoms with van der Waals surface area (Å²) in [5.74, 6) is 0.557. The van der Waals surface area contributed by atoms with Gasteiger partial charge in [-0.1, -0.05) is 23.8 Å². The van der Waals surface area contributed by atoms with Crippen LogP contribution in [0.4, 0.5) is 0 Å². The molecule has 1 aliphatic rings. The van der Waals surface area contributed by atoms with Gasteiger partial charge in [0.15, 0.2) is 0 Å². The monoisotopic (exact) mass is 277 g/mol. The fraction of sp³-hybridized carbons (Fsp3) is 0.647. The highest BCUT2D eigenvalue weighted by molar-refractivity contribution is 5.32. The quantitative estimate of drug-likeness (QED) is 0.811. The van der Waals surface area contributed by atoms with Crippen LogP contribution in [-0.2, 0) is 9.47 Å². The first-order valence-electron chi connectivity index (χ1n) is 7.60. The van der Waals surface area contributed by atoms with Gasteiger partial charge in [-0.15, -0.1) is 0 Å². The fourth-order valence-corrected chi connectivity index (χ4v) is 3.00. The maximum atomic E-state index is 6.08. The highest BCUT2D eigenvalue weighted by atomic mass is 16.5. The second kappa shape index (κ2) is 7.77. The minimum atomic E-state index is 0.236. The molecule has 0 spiro atoms. The van der Waals surface area contributed by atoms with Crippen molar-refractivity contribution in [2.75, 3.05) is 33.4 Å². The van der Waals surface area contributed by atoms with Crippen molar-refractivity contribution in [3.05, 3.63) is 34.9 Å². The second-order valence-corrected chi connectivity index (χ2v) is 5.75. The van der Waals surface area contributed by atoms with E-state index < -0.39 is 0 Å². The molecule has 0 radical (unpaired) electrons. The van der Waals surface area contributed by atoms with E-state index in [-0.39, 0.29) is 6.10 Å². The second-order valence-electron chi connectivity index (χ2n) is 5.75. The molecule has 3 heteroatoms. The molecule has 1 aliphatic heterocycles. The van der Waals surface area contributed by atoms with E-state index in [4.69, 9.17) is 9.47 Å². The summed E-state index contributed by atoms with van der Waals surface area (Å²) < 4.78 is 11.2. The van der Waals surface area contributed by atoms with Gasteiger partial charge in [-0.3, -0.25) is 0 Å². The maximum absolute atomic E-state index is 6.08. The Hall–Kier alpha value is -0.900. The maximum Gasteiger partial charge on any atom is 0.0867 e. The van der Waals surface area contributed by atoms with Crippen LogP contribution in [0.5, 0.6) is 0 Å². The third-order valence-electron chi connectivity index (χ3n) is 4.07. The molecule has 1 heterocycles. The van der Waals surface area contributed by atoms with Crippen molar-refractivity contribution in [2.45, 2.75) is 32.8 Å². The molecule has 0 aromatic heterocycles. The number of nitrogens with one attached hydrogen (secondary N) is 1. The summed E-state index contributed by atoms with van der Waals surface area (Å²) in [7, 11) is 1.74. The first-order valence-corrected chi connectivity index (χ1v) is 7.60. The van der Waals surface area contributed by atoms with Crippen molar-refractivity contribution >= 4 is 0 Å². The lowest BCUT2D eigenvalue weighted by molar-refractivity contribution is -0.0283. The minimum Gasteiger partial charge on any atom is -0.383 e. The molecule has 0 bridgehead atoms. The molecule has 1 N–H and O–H groups in total. The van der Waals surface area contributed by atoms with Crippen molar-refractivity contribution < 1.29 is 9.47 Å². The van der Waals surface area contributed by atoms with Gasteiger partial charge in [0, 0.05) is 32.7 Å². The number of benzene rings is 1. The van der Waals surface area contributed by atoms with Gasteiger partial charge >= 0.3 is 0 Å². The van der Waals surface area contributed by atoms with Gasteiger partial charge in [-0.2, -0.15) is 0 Å². The molecule has 0 aliphatic carbocycles. The third-order valence-corrected chi connectivity index (χ3v) is 4.07. The summed E-state index contributed by atoms with van der Waals surface area (Å²) in [5.41, 5.74) is 4.02. The van der Waals surface area contributed by atoms with Gasteiger partial charge in [0.2, 0.25) is 0 Å². The molecule has 1 aromatic carbocycles. The molecule has 1 fully saturated rings. The van der Waals surface area contributed by atoms with Crippen LogP contribution in [0.15, 0.2) is 18.2 Å². The average Bonchev–Trinajstić information content (AvgIpc) is 2.44. The molecule has 20 heavy (non-hydrogen) atoms. The van der Waals surface area contributed by atoms with Crippen LogP contribution >= 0.6 is 0 Å². The predicted molar refractivity (Wildman–Crippen MR) is 82.1 cm³/mol. The normalized spacial score (nSPS) is 22.9. The molecule has 3 nitrogen and oxygen atoms in total. The van der Waals surface area contributed by atoms with Crippen LogP contribution in [0.25, 0.3) is 0 Å². The standard InChI is InChI=1S/C17H27NO2/c1-13-6-7-16(14(2)11-13)17-15(5-4-9-20-17)12-18-8-10-19-3/h6-7,11,15,17-18H,4-5,8-10,12H2,1-3H3. The van der Waals surface area contributed by atoms with Crippen LogP contribution in [0.1, 0.15) is 35.6 Å². The van der Waals surface area contributed by atoms with Crippen molar-refractivity contribution in [1.29, 1.82) is 0 Å². The van der Waals surface area contributed by atoms with Gasteiger partial charge in [0.05, 0.1) is 12.7 Å². The SMILES string of the molecule is COCCNCC1CCCOC1c1ccc(C)cc1C. The molecular formula is C17H27NO2. The summed E-state index contributed by atoms with van der Waals surface area (Å²) in [5, 5.41) is 3.48. The smallest absolute Gasteiger partial charge is 0.0867 e. The Labute approximate surface area is 122 Å². The first-order chi connectivity index (χ1) is 9.72. The highest BCUT2D eigenvalue weighted by Crippen LogP contribution is 2.35. The molecule has 0 amide bonds. The largest absolute Gasteiger partial charge is 0.383 e. The number of ether oxygens (including phenoxy) is 2. The van der Waals surface area contributed by atoms with Gasteiger partial charge in [-0.25, -0.2) is 0 Å².